The monoisotopic (exact) mass is 448 g/mol. The number of rotatable bonds is 5. The topological polar surface area (TPSA) is 105 Å². The van der Waals surface area contributed by atoms with E-state index >= 15 is 0 Å². The Labute approximate surface area is 189 Å². The fourth-order valence-electron chi connectivity index (χ4n) is 4.64. The first-order valence-corrected chi connectivity index (χ1v) is 11.3. The van der Waals surface area contributed by atoms with E-state index < -0.39 is 11.6 Å². The summed E-state index contributed by atoms with van der Waals surface area (Å²) in [6.45, 7) is 13.5. The van der Waals surface area contributed by atoms with Crippen molar-refractivity contribution in [3.63, 3.8) is 0 Å². The van der Waals surface area contributed by atoms with Crippen molar-refractivity contribution in [1.82, 2.24) is 20.3 Å². The van der Waals surface area contributed by atoms with Gasteiger partial charge in [0.05, 0.1) is 17.9 Å². The standard InChI is InChI=1S/C23H36N4O5/c1-15-19(16(2)32-25-15)21(30)26-10-7-23(8-11-26)9-12-27(14-23)20(29)18(24-17(3)28)13-31-22(4,5)6/h18H,7-14H2,1-6H3,(H,24,28). The van der Waals surface area contributed by atoms with Gasteiger partial charge in [-0.05, 0) is 59.3 Å². The van der Waals surface area contributed by atoms with Gasteiger partial charge in [-0.2, -0.15) is 0 Å². The molecule has 1 aromatic rings. The van der Waals surface area contributed by atoms with E-state index in [0.29, 0.717) is 43.2 Å². The maximum Gasteiger partial charge on any atom is 0.259 e. The van der Waals surface area contributed by atoms with Gasteiger partial charge in [0.1, 0.15) is 17.4 Å². The number of nitrogens with zero attached hydrogens (tertiary/aromatic N) is 3. The van der Waals surface area contributed by atoms with E-state index in [1.54, 1.807) is 13.8 Å². The van der Waals surface area contributed by atoms with Crippen molar-refractivity contribution in [2.24, 2.45) is 5.41 Å². The summed E-state index contributed by atoms with van der Waals surface area (Å²) in [4.78, 5) is 41.5. The van der Waals surface area contributed by atoms with Crippen LogP contribution in [0.5, 0.6) is 0 Å². The second-order valence-corrected chi connectivity index (χ2v) is 10.2. The predicted molar refractivity (Wildman–Crippen MR) is 118 cm³/mol. The summed E-state index contributed by atoms with van der Waals surface area (Å²) in [5.74, 6) is 0.162. The van der Waals surface area contributed by atoms with Gasteiger partial charge < -0.3 is 24.4 Å². The molecule has 0 radical (unpaired) electrons. The van der Waals surface area contributed by atoms with Gasteiger partial charge in [0.2, 0.25) is 11.8 Å². The fourth-order valence-corrected chi connectivity index (χ4v) is 4.64. The molecule has 2 aliphatic rings. The van der Waals surface area contributed by atoms with E-state index in [1.165, 1.54) is 6.92 Å². The van der Waals surface area contributed by atoms with E-state index in [-0.39, 0.29) is 29.7 Å². The number of piperidine rings is 1. The summed E-state index contributed by atoms with van der Waals surface area (Å²) in [6, 6.07) is -0.692. The Balaban J connectivity index is 1.60. The molecule has 9 nitrogen and oxygen atoms in total. The highest BCUT2D eigenvalue weighted by Gasteiger charge is 2.44. The molecule has 0 bridgehead atoms. The average molecular weight is 449 g/mol. The van der Waals surface area contributed by atoms with Gasteiger partial charge in [-0.3, -0.25) is 14.4 Å². The van der Waals surface area contributed by atoms with Crippen molar-refractivity contribution in [2.75, 3.05) is 32.8 Å². The number of carbonyl (C=O) groups is 3. The molecule has 0 aliphatic carbocycles. The predicted octanol–water partition coefficient (Wildman–Crippen LogP) is 2.07. The van der Waals surface area contributed by atoms with Gasteiger partial charge in [-0.25, -0.2) is 0 Å². The summed E-state index contributed by atoms with van der Waals surface area (Å²) < 4.78 is 10.9. The minimum atomic E-state index is -0.692. The quantitative estimate of drug-likeness (QED) is 0.739. The molecule has 3 amide bonds. The van der Waals surface area contributed by atoms with Crippen molar-refractivity contribution < 1.29 is 23.6 Å². The van der Waals surface area contributed by atoms with E-state index in [9.17, 15) is 14.4 Å². The molecule has 0 saturated carbocycles. The summed E-state index contributed by atoms with van der Waals surface area (Å²) in [7, 11) is 0. The molecule has 2 fully saturated rings. The summed E-state index contributed by atoms with van der Waals surface area (Å²) >= 11 is 0. The Kier molecular flexibility index (Phi) is 6.97. The van der Waals surface area contributed by atoms with Gasteiger partial charge in [-0.15, -0.1) is 0 Å². The number of hydrogen-bond donors (Lipinski definition) is 1. The van der Waals surface area contributed by atoms with Crippen molar-refractivity contribution in [3.05, 3.63) is 17.0 Å². The molecule has 1 unspecified atom stereocenters. The Bertz CT molecular complexity index is 845. The molecule has 32 heavy (non-hydrogen) atoms. The van der Waals surface area contributed by atoms with Crippen LogP contribution < -0.4 is 5.32 Å². The molecule has 2 saturated heterocycles. The van der Waals surface area contributed by atoms with Crippen LogP contribution in [0.2, 0.25) is 0 Å². The number of nitrogens with one attached hydrogen (secondary N) is 1. The smallest absolute Gasteiger partial charge is 0.259 e. The Morgan fingerprint density at radius 1 is 1.12 bits per heavy atom. The van der Waals surface area contributed by atoms with Crippen LogP contribution in [0.4, 0.5) is 0 Å². The summed E-state index contributed by atoms with van der Waals surface area (Å²) in [6.07, 6.45) is 2.59. The maximum absolute atomic E-state index is 13.2. The second kappa shape index (κ2) is 9.21. The van der Waals surface area contributed by atoms with Crippen LogP contribution in [0.15, 0.2) is 4.52 Å². The zero-order valence-electron chi connectivity index (χ0n) is 20.1. The van der Waals surface area contributed by atoms with Crippen LogP contribution >= 0.6 is 0 Å². The van der Waals surface area contributed by atoms with Crippen LogP contribution in [0.3, 0.4) is 0 Å². The number of ether oxygens (including phenoxy) is 1. The maximum atomic E-state index is 13.2. The van der Waals surface area contributed by atoms with E-state index in [4.69, 9.17) is 9.26 Å². The van der Waals surface area contributed by atoms with E-state index in [2.05, 4.69) is 10.5 Å². The van der Waals surface area contributed by atoms with Crippen molar-refractivity contribution in [1.29, 1.82) is 0 Å². The van der Waals surface area contributed by atoms with Gasteiger partial charge in [-0.1, -0.05) is 5.16 Å². The fraction of sp³-hybridized carbons (Fsp3) is 0.739. The lowest BCUT2D eigenvalue weighted by atomic mass is 9.77. The van der Waals surface area contributed by atoms with Crippen LogP contribution in [0, 0.1) is 19.3 Å². The lowest BCUT2D eigenvalue weighted by molar-refractivity contribution is -0.139. The number of hydrogen-bond acceptors (Lipinski definition) is 6. The Morgan fingerprint density at radius 2 is 1.72 bits per heavy atom. The van der Waals surface area contributed by atoms with Crippen LogP contribution in [-0.4, -0.2) is 77.1 Å². The molecule has 3 heterocycles. The molecule has 1 spiro atoms. The molecule has 0 aromatic carbocycles. The summed E-state index contributed by atoms with van der Waals surface area (Å²) in [5.41, 5.74) is 0.786. The SMILES string of the molecule is CC(=O)NC(COC(C)(C)C)C(=O)N1CCC2(CCN(C(=O)c3c(C)noc3C)CC2)C1. The van der Waals surface area contributed by atoms with Gasteiger partial charge >= 0.3 is 0 Å². The normalized spacial score (nSPS) is 19.3. The van der Waals surface area contributed by atoms with Gasteiger partial charge in [0, 0.05) is 33.1 Å². The third kappa shape index (κ3) is 5.49. The third-order valence-corrected chi connectivity index (χ3v) is 6.47. The highest BCUT2D eigenvalue weighted by atomic mass is 16.5. The molecule has 178 valence electrons. The van der Waals surface area contributed by atoms with Crippen molar-refractivity contribution in [3.8, 4) is 0 Å². The van der Waals surface area contributed by atoms with E-state index in [0.717, 1.165) is 19.3 Å². The van der Waals surface area contributed by atoms with Crippen LogP contribution in [0.25, 0.3) is 0 Å². The molecule has 9 heteroatoms. The zero-order valence-corrected chi connectivity index (χ0v) is 20.1. The lowest BCUT2D eigenvalue weighted by Crippen LogP contribution is -2.51. The molecule has 3 rings (SSSR count). The Hall–Kier alpha value is -2.42. The average Bonchev–Trinajstić information content (AvgIpc) is 3.27. The molecular formula is C23H36N4O5. The molecule has 2 aliphatic heterocycles. The lowest BCUT2D eigenvalue weighted by Gasteiger charge is -2.39. The highest BCUT2D eigenvalue weighted by Crippen LogP contribution is 2.41. The molecule has 1 N–H and O–H groups in total. The number of likely N-dealkylation sites (tertiary alicyclic amines) is 2. The molecular weight excluding hydrogens is 412 g/mol. The van der Waals surface area contributed by atoms with Crippen LogP contribution in [0.1, 0.15) is 68.8 Å². The Morgan fingerprint density at radius 3 is 2.22 bits per heavy atom. The summed E-state index contributed by atoms with van der Waals surface area (Å²) in [5, 5.41) is 6.64. The first-order valence-electron chi connectivity index (χ1n) is 11.3. The minimum Gasteiger partial charge on any atom is -0.373 e. The first-order chi connectivity index (χ1) is 14.9. The largest absolute Gasteiger partial charge is 0.373 e. The third-order valence-electron chi connectivity index (χ3n) is 6.47. The van der Waals surface area contributed by atoms with Gasteiger partial charge in [0.15, 0.2) is 0 Å². The number of amides is 3. The number of aryl methyl sites for hydroxylation is 2. The van der Waals surface area contributed by atoms with Crippen molar-refractivity contribution in [2.45, 2.75) is 72.4 Å². The second-order valence-electron chi connectivity index (χ2n) is 10.2. The van der Waals surface area contributed by atoms with Gasteiger partial charge in [0.25, 0.3) is 5.91 Å². The first kappa shape index (κ1) is 24.2. The minimum absolute atomic E-state index is 0.0107. The van der Waals surface area contributed by atoms with Crippen molar-refractivity contribution >= 4 is 17.7 Å². The highest BCUT2D eigenvalue weighted by molar-refractivity contribution is 5.96. The molecule has 1 aromatic heterocycles. The van der Waals surface area contributed by atoms with Crippen LogP contribution in [-0.2, 0) is 14.3 Å². The molecule has 1 atom stereocenters. The number of aromatic nitrogens is 1. The van der Waals surface area contributed by atoms with E-state index in [1.807, 2.05) is 30.6 Å². The zero-order chi connectivity index (χ0) is 23.7. The number of carbonyl (C=O) groups excluding carboxylic acids is 3.